The maximum atomic E-state index is 5.56. The third-order valence-electron chi connectivity index (χ3n) is 2.66. The average Bonchev–Trinajstić information content (AvgIpc) is 2.46. The number of hydrogen-bond donors (Lipinski definition) is 1. The van der Waals surface area contributed by atoms with Crippen molar-refractivity contribution in [3.8, 4) is 5.75 Å². The van der Waals surface area contributed by atoms with Crippen LogP contribution in [-0.2, 0) is 6.42 Å². The first-order valence-corrected chi connectivity index (χ1v) is 7.54. The second-order valence-electron chi connectivity index (χ2n) is 4.34. The standard InChI is InChI=1S/C15H18BrN3O/c1-3-9-20-12-7-5-11(6-8-12)17-15-10-13(16)18-14(4-2)19-15/h5-8,10H,3-4,9H2,1-2H3,(H,17,18,19). The van der Waals surface area contributed by atoms with E-state index < -0.39 is 0 Å². The Labute approximate surface area is 127 Å². The van der Waals surface area contributed by atoms with E-state index in [1.54, 1.807) is 0 Å². The van der Waals surface area contributed by atoms with Crippen LogP contribution < -0.4 is 10.1 Å². The predicted octanol–water partition coefficient (Wildman–Crippen LogP) is 4.33. The molecule has 0 radical (unpaired) electrons. The summed E-state index contributed by atoms with van der Waals surface area (Å²) in [5, 5.41) is 3.27. The van der Waals surface area contributed by atoms with Crippen molar-refractivity contribution < 1.29 is 4.74 Å². The van der Waals surface area contributed by atoms with E-state index in [1.165, 1.54) is 0 Å². The second kappa shape index (κ2) is 7.24. The number of aromatic nitrogens is 2. The number of ether oxygens (including phenoxy) is 1. The Morgan fingerprint density at radius 1 is 1.15 bits per heavy atom. The number of aryl methyl sites for hydroxylation is 1. The molecule has 0 aliphatic heterocycles. The van der Waals surface area contributed by atoms with Crippen molar-refractivity contribution in [3.63, 3.8) is 0 Å². The van der Waals surface area contributed by atoms with Gasteiger partial charge >= 0.3 is 0 Å². The molecule has 2 rings (SSSR count). The van der Waals surface area contributed by atoms with Gasteiger partial charge in [0, 0.05) is 18.2 Å². The van der Waals surface area contributed by atoms with Crippen LogP contribution in [-0.4, -0.2) is 16.6 Å². The van der Waals surface area contributed by atoms with Crippen LogP contribution in [0.2, 0.25) is 0 Å². The first kappa shape index (κ1) is 14.8. The van der Waals surface area contributed by atoms with Crippen molar-refractivity contribution in [2.45, 2.75) is 26.7 Å². The van der Waals surface area contributed by atoms with Crippen molar-refractivity contribution in [2.24, 2.45) is 0 Å². The molecular formula is C15H18BrN3O. The Bertz CT molecular complexity index is 558. The molecular weight excluding hydrogens is 318 g/mol. The lowest BCUT2D eigenvalue weighted by Gasteiger charge is -2.09. The SMILES string of the molecule is CCCOc1ccc(Nc2cc(Br)nc(CC)n2)cc1. The van der Waals surface area contributed by atoms with Crippen molar-refractivity contribution in [1.29, 1.82) is 0 Å². The van der Waals surface area contributed by atoms with E-state index in [4.69, 9.17) is 4.74 Å². The largest absolute Gasteiger partial charge is 0.494 e. The van der Waals surface area contributed by atoms with Crippen LogP contribution in [0.5, 0.6) is 5.75 Å². The fourth-order valence-electron chi connectivity index (χ4n) is 1.69. The summed E-state index contributed by atoms with van der Waals surface area (Å²) in [5.74, 6) is 2.48. The molecule has 0 atom stereocenters. The quantitative estimate of drug-likeness (QED) is 0.798. The molecule has 0 fully saturated rings. The van der Waals surface area contributed by atoms with Gasteiger partial charge < -0.3 is 10.1 Å². The van der Waals surface area contributed by atoms with E-state index in [1.807, 2.05) is 37.3 Å². The first-order chi connectivity index (χ1) is 9.71. The monoisotopic (exact) mass is 335 g/mol. The van der Waals surface area contributed by atoms with Gasteiger partial charge in [-0.1, -0.05) is 13.8 Å². The molecule has 1 heterocycles. The van der Waals surface area contributed by atoms with E-state index in [0.717, 1.165) is 47.1 Å². The number of rotatable bonds is 6. The van der Waals surface area contributed by atoms with Crippen LogP contribution in [0.25, 0.3) is 0 Å². The second-order valence-corrected chi connectivity index (χ2v) is 5.16. The minimum atomic E-state index is 0.742. The van der Waals surface area contributed by atoms with Crippen molar-refractivity contribution in [1.82, 2.24) is 9.97 Å². The zero-order valence-corrected chi connectivity index (χ0v) is 13.3. The zero-order valence-electron chi connectivity index (χ0n) is 11.7. The average molecular weight is 336 g/mol. The van der Waals surface area contributed by atoms with E-state index in [0.29, 0.717) is 0 Å². The van der Waals surface area contributed by atoms with Crippen molar-refractivity contribution in [3.05, 3.63) is 40.8 Å². The summed E-state index contributed by atoms with van der Waals surface area (Å²) in [6, 6.07) is 9.73. The third kappa shape index (κ3) is 4.20. The van der Waals surface area contributed by atoms with E-state index >= 15 is 0 Å². The highest BCUT2D eigenvalue weighted by Gasteiger charge is 2.02. The maximum absolute atomic E-state index is 5.56. The fourth-order valence-corrected chi connectivity index (χ4v) is 2.11. The molecule has 20 heavy (non-hydrogen) atoms. The lowest BCUT2D eigenvalue weighted by atomic mass is 10.3. The third-order valence-corrected chi connectivity index (χ3v) is 3.06. The number of hydrogen-bond acceptors (Lipinski definition) is 4. The summed E-state index contributed by atoms with van der Waals surface area (Å²) in [6.45, 7) is 4.87. The Kier molecular flexibility index (Phi) is 5.35. The summed E-state index contributed by atoms with van der Waals surface area (Å²) >= 11 is 3.40. The highest BCUT2D eigenvalue weighted by molar-refractivity contribution is 9.10. The number of anilines is 2. The molecule has 0 amide bonds. The van der Waals surface area contributed by atoms with Crippen LogP contribution in [0.3, 0.4) is 0 Å². The van der Waals surface area contributed by atoms with Gasteiger partial charge in [-0.25, -0.2) is 9.97 Å². The lowest BCUT2D eigenvalue weighted by molar-refractivity contribution is 0.317. The van der Waals surface area contributed by atoms with Crippen molar-refractivity contribution in [2.75, 3.05) is 11.9 Å². The van der Waals surface area contributed by atoms with Crippen LogP contribution in [0, 0.1) is 0 Å². The number of nitrogens with zero attached hydrogens (tertiary/aromatic N) is 2. The molecule has 0 unspecified atom stereocenters. The maximum Gasteiger partial charge on any atom is 0.135 e. The number of nitrogens with one attached hydrogen (secondary N) is 1. The van der Waals surface area contributed by atoms with Crippen LogP contribution >= 0.6 is 15.9 Å². The van der Waals surface area contributed by atoms with Gasteiger partial charge in [0.25, 0.3) is 0 Å². The zero-order chi connectivity index (χ0) is 14.4. The van der Waals surface area contributed by atoms with Gasteiger partial charge in [0.05, 0.1) is 6.61 Å². The predicted molar refractivity (Wildman–Crippen MR) is 84.6 cm³/mol. The summed E-state index contributed by atoms with van der Waals surface area (Å²) in [6.07, 6.45) is 1.81. The van der Waals surface area contributed by atoms with E-state index in [9.17, 15) is 0 Å². The Hall–Kier alpha value is -1.62. The molecule has 0 aliphatic carbocycles. The normalized spacial score (nSPS) is 10.3. The van der Waals surface area contributed by atoms with Crippen LogP contribution in [0.15, 0.2) is 34.9 Å². The van der Waals surface area contributed by atoms with Crippen LogP contribution in [0.1, 0.15) is 26.1 Å². The van der Waals surface area contributed by atoms with Gasteiger partial charge in [0.15, 0.2) is 0 Å². The van der Waals surface area contributed by atoms with Crippen LogP contribution in [0.4, 0.5) is 11.5 Å². The molecule has 2 aromatic rings. The van der Waals surface area contributed by atoms with Crippen molar-refractivity contribution >= 4 is 27.4 Å². The fraction of sp³-hybridized carbons (Fsp3) is 0.333. The number of halogens is 1. The molecule has 106 valence electrons. The Morgan fingerprint density at radius 2 is 1.90 bits per heavy atom. The minimum absolute atomic E-state index is 0.742. The van der Waals surface area contributed by atoms with Gasteiger partial charge in [0.1, 0.15) is 22.0 Å². The highest BCUT2D eigenvalue weighted by Crippen LogP contribution is 2.21. The topological polar surface area (TPSA) is 47.0 Å². The summed E-state index contributed by atoms with van der Waals surface area (Å²) < 4.78 is 6.34. The molecule has 0 saturated heterocycles. The molecule has 1 aromatic carbocycles. The molecule has 1 aromatic heterocycles. The molecule has 0 saturated carbocycles. The first-order valence-electron chi connectivity index (χ1n) is 6.74. The Balaban J connectivity index is 2.07. The molecule has 0 bridgehead atoms. The van der Waals surface area contributed by atoms with Gasteiger partial charge in [0.2, 0.25) is 0 Å². The molecule has 5 heteroatoms. The smallest absolute Gasteiger partial charge is 0.135 e. The van der Waals surface area contributed by atoms with E-state index in [2.05, 4.69) is 38.1 Å². The summed E-state index contributed by atoms with van der Waals surface area (Å²) in [5.41, 5.74) is 0.974. The van der Waals surface area contributed by atoms with Gasteiger partial charge in [-0.3, -0.25) is 0 Å². The summed E-state index contributed by atoms with van der Waals surface area (Å²) in [7, 11) is 0. The van der Waals surface area contributed by atoms with Gasteiger partial charge in [-0.05, 0) is 46.6 Å². The molecule has 4 nitrogen and oxygen atoms in total. The molecule has 1 N–H and O–H groups in total. The minimum Gasteiger partial charge on any atom is -0.494 e. The van der Waals surface area contributed by atoms with Gasteiger partial charge in [-0.2, -0.15) is 0 Å². The van der Waals surface area contributed by atoms with Gasteiger partial charge in [-0.15, -0.1) is 0 Å². The Morgan fingerprint density at radius 3 is 2.55 bits per heavy atom. The molecule has 0 aliphatic rings. The number of benzene rings is 1. The van der Waals surface area contributed by atoms with E-state index in [-0.39, 0.29) is 0 Å². The summed E-state index contributed by atoms with van der Waals surface area (Å²) in [4.78, 5) is 8.72. The lowest BCUT2D eigenvalue weighted by Crippen LogP contribution is -2.00. The molecule has 0 spiro atoms. The highest BCUT2D eigenvalue weighted by atomic mass is 79.9.